The number of hydrogen-bond acceptors (Lipinski definition) is 4. The highest BCUT2D eigenvalue weighted by Gasteiger charge is 2.22. The summed E-state index contributed by atoms with van der Waals surface area (Å²) >= 11 is 0. The lowest BCUT2D eigenvalue weighted by molar-refractivity contribution is -0.129. The van der Waals surface area contributed by atoms with Crippen LogP contribution in [0.3, 0.4) is 0 Å². The Bertz CT molecular complexity index is 798. The van der Waals surface area contributed by atoms with Crippen LogP contribution in [0, 0.1) is 0 Å². The lowest BCUT2D eigenvalue weighted by Crippen LogP contribution is -2.38. The monoisotopic (exact) mass is 347 g/mol. The molecule has 0 fully saturated rings. The molecule has 24 heavy (non-hydrogen) atoms. The Morgan fingerprint density at radius 2 is 1.92 bits per heavy atom. The summed E-state index contributed by atoms with van der Waals surface area (Å²) in [6.45, 7) is 1.16. The number of aromatic carboxylic acids is 1. The number of rotatable bonds is 5. The van der Waals surface area contributed by atoms with Crippen molar-refractivity contribution in [3.63, 3.8) is 0 Å². The molecular formula is C17H17NO5S. The van der Waals surface area contributed by atoms with Gasteiger partial charge in [0.15, 0.2) is 0 Å². The molecule has 0 saturated heterocycles. The number of hydrogen-bond donors (Lipinski definition) is 1. The molecule has 1 aromatic carbocycles. The molecule has 0 spiro atoms. The van der Waals surface area contributed by atoms with Gasteiger partial charge in [0.2, 0.25) is 11.7 Å². The van der Waals surface area contributed by atoms with Crippen molar-refractivity contribution in [2.24, 2.45) is 0 Å². The van der Waals surface area contributed by atoms with E-state index in [1.807, 2.05) is 18.2 Å². The number of carbonyl (C=O) groups excluding carboxylic acids is 1. The number of nitrogens with zero attached hydrogens (tertiary/aromatic N) is 1. The average molecular weight is 347 g/mol. The fourth-order valence-electron chi connectivity index (χ4n) is 2.72. The van der Waals surface area contributed by atoms with Gasteiger partial charge in [-0.3, -0.25) is 9.00 Å². The van der Waals surface area contributed by atoms with Crippen LogP contribution in [0.4, 0.5) is 0 Å². The largest absolute Gasteiger partial charge is 0.475 e. The highest BCUT2D eigenvalue weighted by Crippen LogP contribution is 2.19. The highest BCUT2D eigenvalue weighted by atomic mass is 32.2. The maximum atomic E-state index is 12.3. The lowest BCUT2D eigenvalue weighted by Gasteiger charge is -2.28. The normalized spacial score (nSPS) is 14.9. The molecule has 2 aromatic rings. The first-order chi connectivity index (χ1) is 11.5. The lowest BCUT2D eigenvalue weighted by atomic mass is 10.00. The number of furan rings is 1. The van der Waals surface area contributed by atoms with Crippen molar-refractivity contribution in [1.29, 1.82) is 0 Å². The molecule has 1 amide bonds. The molecule has 3 rings (SSSR count). The molecular weight excluding hydrogens is 330 g/mol. The third kappa shape index (κ3) is 3.73. The summed E-state index contributed by atoms with van der Waals surface area (Å²) in [7, 11) is -1.44. The van der Waals surface area contributed by atoms with E-state index in [1.165, 1.54) is 17.7 Å². The molecule has 6 nitrogen and oxygen atoms in total. The van der Waals surface area contributed by atoms with E-state index in [1.54, 1.807) is 4.90 Å². The summed E-state index contributed by atoms with van der Waals surface area (Å²) < 4.78 is 17.2. The van der Waals surface area contributed by atoms with Crippen LogP contribution in [0.15, 0.2) is 40.8 Å². The minimum absolute atomic E-state index is 0.0312. The number of amides is 1. The van der Waals surface area contributed by atoms with Gasteiger partial charge in [-0.15, -0.1) is 0 Å². The average Bonchev–Trinajstić information content (AvgIpc) is 3.03. The van der Waals surface area contributed by atoms with Crippen molar-refractivity contribution in [2.45, 2.75) is 18.7 Å². The van der Waals surface area contributed by atoms with Gasteiger partial charge in [-0.05, 0) is 29.7 Å². The molecule has 0 bridgehead atoms. The molecule has 7 heteroatoms. The maximum Gasteiger partial charge on any atom is 0.371 e. The van der Waals surface area contributed by atoms with E-state index in [-0.39, 0.29) is 23.2 Å². The third-order valence-electron chi connectivity index (χ3n) is 3.94. The Morgan fingerprint density at radius 3 is 2.62 bits per heavy atom. The molecule has 0 radical (unpaired) electrons. The van der Waals surface area contributed by atoms with E-state index in [0.29, 0.717) is 18.8 Å². The quantitative estimate of drug-likeness (QED) is 0.891. The maximum absolute atomic E-state index is 12.3. The van der Waals surface area contributed by atoms with Gasteiger partial charge in [-0.25, -0.2) is 4.79 Å². The highest BCUT2D eigenvalue weighted by molar-refractivity contribution is 7.84. The summed E-state index contributed by atoms with van der Waals surface area (Å²) in [6.07, 6.45) is 0.800. The molecule has 1 atom stereocenters. The fourth-order valence-corrected chi connectivity index (χ4v) is 3.75. The smallest absolute Gasteiger partial charge is 0.371 e. The van der Waals surface area contributed by atoms with Crippen molar-refractivity contribution >= 4 is 22.7 Å². The molecule has 1 aliphatic heterocycles. The SMILES string of the molecule is O=C(O)c1ccc(CS(=O)CC(=O)N2CCc3ccccc3C2)o1. The summed E-state index contributed by atoms with van der Waals surface area (Å²) in [6, 6.07) is 10.8. The summed E-state index contributed by atoms with van der Waals surface area (Å²) in [5.74, 6) is -1.28. The first-order valence-electron chi connectivity index (χ1n) is 7.54. The summed E-state index contributed by atoms with van der Waals surface area (Å²) in [5, 5.41) is 8.80. The van der Waals surface area contributed by atoms with E-state index in [4.69, 9.17) is 9.52 Å². The fraction of sp³-hybridized carbons (Fsp3) is 0.294. The second kappa shape index (κ2) is 7.00. The Hall–Kier alpha value is -2.41. The van der Waals surface area contributed by atoms with Crippen LogP contribution in [-0.4, -0.2) is 38.4 Å². The van der Waals surface area contributed by atoms with Gasteiger partial charge in [0.05, 0.1) is 5.75 Å². The van der Waals surface area contributed by atoms with Gasteiger partial charge < -0.3 is 14.4 Å². The zero-order valence-electron chi connectivity index (χ0n) is 12.9. The second-order valence-corrected chi connectivity index (χ2v) is 7.09. The Balaban J connectivity index is 1.56. The molecule has 1 N–H and O–H groups in total. The van der Waals surface area contributed by atoms with Crippen LogP contribution in [0.1, 0.15) is 27.4 Å². The van der Waals surface area contributed by atoms with Crippen LogP contribution in [-0.2, 0) is 34.3 Å². The molecule has 0 aliphatic carbocycles. The second-order valence-electron chi connectivity index (χ2n) is 5.63. The van der Waals surface area contributed by atoms with E-state index >= 15 is 0 Å². The number of carboxylic acids is 1. The number of carboxylic acid groups (broad SMARTS) is 1. The Morgan fingerprint density at radius 1 is 1.17 bits per heavy atom. The molecule has 1 aliphatic rings. The van der Waals surface area contributed by atoms with Crippen molar-refractivity contribution in [3.8, 4) is 0 Å². The minimum atomic E-state index is -1.44. The third-order valence-corrected chi connectivity index (χ3v) is 5.12. The van der Waals surface area contributed by atoms with Gasteiger partial charge >= 0.3 is 5.97 Å². The van der Waals surface area contributed by atoms with E-state index < -0.39 is 16.8 Å². The Labute approximate surface area is 141 Å². The van der Waals surface area contributed by atoms with Crippen molar-refractivity contribution in [3.05, 3.63) is 59.0 Å². The predicted molar refractivity (Wildman–Crippen MR) is 87.9 cm³/mol. The first kappa shape index (κ1) is 16.4. The molecule has 1 unspecified atom stereocenters. The summed E-state index contributed by atoms with van der Waals surface area (Å²) in [5.41, 5.74) is 2.37. The standard InChI is InChI=1S/C17H17NO5S/c19-16(18-8-7-12-3-1-2-4-13(12)9-18)11-24(22)10-14-5-6-15(23-14)17(20)21/h1-6H,7-11H2,(H,20,21). The summed E-state index contributed by atoms with van der Waals surface area (Å²) in [4.78, 5) is 24.8. The van der Waals surface area contributed by atoms with Gasteiger partial charge in [0.25, 0.3) is 0 Å². The van der Waals surface area contributed by atoms with Gasteiger partial charge in [0, 0.05) is 23.9 Å². The minimum Gasteiger partial charge on any atom is -0.475 e. The van der Waals surface area contributed by atoms with E-state index in [9.17, 15) is 13.8 Å². The van der Waals surface area contributed by atoms with Crippen LogP contribution in [0.25, 0.3) is 0 Å². The first-order valence-corrected chi connectivity index (χ1v) is 9.03. The molecule has 2 heterocycles. The van der Waals surface area contributed by atoms with Gasteiger partial charge in [-0.2, -0.15) is 0 Å². The molecule has 1 aromatic heterocycles. The van der Waals surface area contributed by atoms with Gasteiger partial charge in [0.1, 0.15) is 11.5 Å². The number of benzene rings is 1. The van der Waals surface area contributed by atoms with E-state index in [2.05, 4.69) is 6.07 Å². The van der Waals surface area contributed by atoms with Gasteiger partial charge in [-0.1, -0.05) is 24.3 Å². The zero-order chi connectivity index (χ0) is 17.1. The number of fused-ring (bicyclic) bond motifs is 1. The topological polar surface area (TPSA) is 87.8 Å². The van der Waals surface area contributed by atoms with Crippen molar-refractivity contribution < 1.29 is 23.3 Å². The predicted octanol–water partition coefficient (Wildman–Crippen LogP) is 1.81. The van der Waals surface area contributed by atoms with Crippen LogP contribution in [0.5, 0.6) is 0 Å². The van der Waals surface area contributed by atoms with Crippen LogP contribution >= 0.6 is 0 Å². The van der Waals surface area contributed by atoms with Crippen molar-refractivity contribution in [1.82, 2.24) is 4.90 Å². The molecule has 0 saturated carbocycles. The zero-order valence-corrected chi connectivity index (χ0v) is 13.8. The Kier molecular flexibility index (Phi) is 4.80. The number of carbonyl (C=O) groups is 2. The van der Waals surface area contributed by atoms with Crippen LogP contribution in [0.2, 0.25) is 0 Å². The van der Waals surface area contributed by atoms with Crippen molar-refractivity contribution in [2.75, 3.05) is 12.3 Å². The van der Waals surface area contributed by atoms with E-state index in [0.717, 1.165) is 12.0 Å². The van der Waals surface area contributed by atoms with Crippen LogP contribution < -0.4 is 0 Å². The molecule has 126 valence electrons.